The molecule has 0 saturated heterocycles. The molecule has 0 aliphatic rings. The van der Waals surface area contributed by atoms with Crippen molar-refractivity contribution in [1.82, 2.24) is 0 Å². The smallest absolute Gasteiger partial charge is 0.129 e. The first-order valence-electron chi connectivity index (χ1n) is 39.0. The van der Waals surface area contributed by atoms with Gasteiger partial charge in [-0.25, -0.2) is 13.2 Å². The zero-order chi connectivity index (χ0) is 81.0. The fourth-order valence-corrected chi connectivity index (χ4v) is 15.4. The molecule has 0 heterocycles. The van der Waals surface area contributed by atoms with Crippen molar-refractivity contribution in [2.24, 2.45) is 0 Å². The van der Waals surface area contributed by atoms with Crippen molar-refractivity contribution in [3.05, 3.63) is 280 Å². The van der Waals surface area contributed by atoms with E-state index < -0.39 is 17.0 Å². The minimum absolute atomic E-state index is 0.0949. The van der Waals surface area contributed by atoms with Crippen LogP contribution in [0, 0.1) is 72.8 Å². The molecular formula is C101H151F3. The highest BCUT2D eigenvalue weighted by Crippen LogP contribution is 2.39. The highest BCUT2D eigenvalue weighted by atomic mass is 19.1. The largest absolute Gasteiger partial charge is 0.207 e. The minimum atomic E-state index is -0.477. The van der Waals surface area contributed by atoms with Gasteiger partial charge in [0.15, 0.2) is 0 Å². The van der Waals surface area contributed by atoms with Gasteiger partial charge in [0.05, 0.1) is 0 Å². The summed E-state index contributed by atoms with van der Waals surface area (Å²) in [6.45, 7) is 88.0. The van der Waals surface area contributed by atoms with Gasteiger partial charge < -0.3 is 0 Å². The van der Waals surface area contributed by atoms with E-state index >= 15 is 0 Å². The van der Waals surface area contributed by atoms with Gasteiger partial charge in [-0.15, -0.1) is 0 Å². The van der Waals surface area contributed by atoms with Gasteiger partial charge >= 0.3 is 0 Å². The van der Waals surface area contributed by atoms with Gasteiger partial charge in [0, 0.05) is 5.56 Å². The summed E-state index contributed by atoms with van der Waals surface area (Å²) >= 11 is 0. The van der Waals surface area contributed by atoms with Crippen LogP contribution in [0.4, 0.5) is 13.2 Å². The van der Waals surface area contributed by atoms with Crippen molar-refractivity contribution in [3.63, 3.8) is 0 Å². The SMILES string of the molecule is CC(C)(C)c1c(F)cccc1F.CC(C)c1cccc(C(C)C)c1C(C)(C)C.CCc1cccc(CC)c1C(C)(C)C.Cc1cc(C)c(C(C)(C)C)c(C)c1.Cc1cccc(C(C)C)c1C(C)(C)C.Cc1cccc(C)c1C(C)(C)C.Cc1cccc(F)c1C(C)(C)C.Cc1ccccc1C(C)(C)C. The standard InChI is InChI=1S/C16H26.2C14H22.C13H20.C12H18.C11H15F.C11H16.C10H12F2/c1-11(2)13-9-8-10-14(12(3)4)15(13)16(5,6)7;1-10(2)12-9-7-8-11(3)13(12)14(4,5)6;1-6-11-9-8-10-12(7-2)13(11)14(3,4)5;1-9-7-10(2)12(11(3)8-9)13(4,5)6;1-9-7-6-8-10(2)11(9)12(3,4)5;1-8-6-5-7-9(12)10(8)11(2,3)4;1-9-7-5-6-8-10(9)11(2,3)4;1-10(2,3)9-7(11)5-4-6-8(9)12/h8-12H,1-7H3;7-10H,1-6H3;8-10H,6-7H2,1-5H3;7-8H,1-6H3;6-8H,1-5H3;5-7H,1-4H3;5-8H,1-4H3;4-6H,1-3H3. The van der Waals surface area contributed by atoms with Crippen molar-refractivity contribution < 1.29 is 13.2 Å². The number of rotatable bonds is 5. The second-order valence-electron chi connectivity index (χ2n) is 38.4. The van der Waals surface area contributed by atoms with E-state index in [-0.39, 0.29) is 49.3 Å². The summed E-state index contributed by atoms with van der Waals surface area (Å²) in [4.78, 5) is 0. The number of benzene rings is 8. The summed E-state index contributed by atoms with van der Waals surface area (Å²) < 4.78 is 39.6. The average Bonchev–Trinajstić information content (AvgIpc) is 0.811. The van der Waals surface area contributed by atoms with Crippen LogP contribution in [0.3, 0.4) is 0 Å². The van der Waals surface area contributed by atoms with E-state index in [1.807, 2.05) is 33.8 Å². The Kier molecular flexibility index (Phi) is 36.7. The van der Waals surface area contributed by atoms with E-state index in [0.29, 0.717) is 17.8 Å². The Bertz CT molecular complexity index is 3620. The second kappa shape index (κ2) is 39.9. The van der Waals surface area contributed by atoms with Gasteiger partial charge in [-0.1, -0.05) is 355 Å². The molecule has 0 unspecified atom stereocenters. The highest BCUT2D eigenvalue weighted by Gasteiger charge is 2.27. The third kappa shape index (κ3) is 30.1. The molecule has 0 N–H and O–H groups in total. The molecule has 8 rings (SSSR count). The van der Waals surface area contributed by atoms with E-state index in [4.69, 9.17) is 0 Å². The van der Waals surface area contributed by atoms with Crippen LogP contribution in [0.5, 0.6) is 0 Å². The summed E-state index contributed by atoms with van der Waals surface area (Å²) in [5.41, 5.74) is 29.5. The van der Waals surface area contributed by atoms with E-state index in [2.05, 4.69) is 338 Å². The van der Waals surface area contributed by atoms with Crippen LogP contribution >= 0.6 is 0 Å². The normalized spacial score (nSPS) is 11.9. The first-order valence-corrected chi connectivity index (χ1v) is 39.0. The molecule has 8 aromatic carbocycles. The van der Waals surface area contributed by atoms with Crippen LogP contribution in [0.25, 0.3) is 0 Å². The van der Waals surface area contributed by atoms with Crippen molar-refractivity contribution in [2.45, 2.75) is 351 Å². The van der Waals surface area contributed by atoms with Crippen LogP contribution < -0.4 is 0 Å². The van der Waals surface area contributed by atoms with Gasteiger partial charge in [0.1, 0.15) is 17.5 Å². The molecule has 0 atom stereocenters. The quantitative estimate of drug-likeness (QED) is 0.161. The van der Waals surface area contributed by atoms with Crippen LogP contribution in [0.2, 0.25) is 0 Å². The van der Waals surface area contributed by atoms with E-state index in [0.717, 1.165) is 24.0 Å². The van der Waals surface area contributed by atoms with Crippen LogP contribution in [0.15, 0.2) is 146 Å². The fraction of sp³-hybridized carbons (Fsp3) is 0.525. The maximum Gasteiger partial charge on any atom is 0.129 e. The third-order valence-electron chi connectivity index (χ3n) is 18.8. The lowest BCUT2D eigenvalue weighted by Crippen LogP contribution is -2.18. The molecule has 0 fully saturated rings. The number of hydrogen-bond donors (Lipinski definition) is 0. The molecule has 3 heteroatoms. The first-order chi connectivity index (χ1) is 47.2. The summed E-state index contributed by atoms with van der Waals surface area (Å²) in [5.74, 6) is 0.789. The predicted octanol–water partition coefficient (Wildman–Crippen LogP) is 31.3. The average molecular weight is 1420 g/mol. The van der Waals surface area contributed by atoms with Gasteiger partial charge in [0.2, 0.25) is 0 Å². The van der Waals surface area contributed by atoms with E-state index in [9.17, 15) is 13.2 Å². The van der Waals surface area contributed by atoms with E-state index in [1.165, 1.54) is 113 Å². The number of hydrogen-bond acceptors (Lipinski definition) is 0. The van der Waals surface area contributed by atoms with Gasteiger partial charge in [-0.05, 0) is 253 Å². The molecule has 0 amide bonds. The summed E-state index contributed by atoms with van der Waals surface area (Å²) in [6, 6.07) is 48.9. The summed E-state index contributed by atoms with van der Waals surface area (Å²) in [7, 11) is 0. The Morgan fingerprint density at radius 3 is 0.750 bits per heavy atom. The fourth-order valence-electron chi connectivity index (χ4n) is 15.4. The van der Waals surface area contributed by atoms with Crippen LogP contribution in [-0.4, -0.2) is 0 Å². The molecule has 0 nitrogen and oxygen atoms in total. The molecule has 8 aromatic rings. The molecular weight excluding hydrogens is 1270 g/mol. The zero-order valence-corrected chi connectivity index (χ0v) is 74.1. The lowest BCUT2D eigenvalue weighted by atomic mass is 9.75. The van der Waals surface area contributed by atoms with Gasteiger partial charge in [0.25, 0.3) is 0 Å². The Morgan fingerprint density at radius 1 is 0.240 bits per heavy atom. The molecule has 104 heavy (non-hydrogen) atoms. The zero-order valence-electron chi connectivity index (χ0n) is 74.1. The maximum atomic E-state index is 13.3. The van der Waals surface area contributed by atoms with E-state index in [1.54, 1.807) is 38.0 Å². The Morgan fingerprint density at radius 2 is 0.490 bits per heavy atom. The molecule has 0 spiro atoms. The molecule has 0 aliphatic carbocycles. The van der Waals surface area contributed by atoms with Crippen LogP contribution in [-0.2, 0) is 56.2 Å². The predicted molar refractivity (Wildman–Crippen MR) is 460 cm³/mol. The van der Waals surface area contributed by atoms with Gasteiger partial charge in [-0.3, -0.25) is 0 Å². The maximum absolute atomic E-state index is 13.3. The molecule has 0 aromatic heterocycles. The first kappa shape index (κ1) is 95.6. The second-order valence-corrected chi connectivity index (χ2v) is 38.4. The summed E-state index contributed by atoms with van der Waals surface area (Å²) in [6.07, 6.45) is 2.28. The van der Waals surface area contributed by atoms with Crippen molar-refractivity contribution >= 4 is 0 Å². The molecule has 0 radical (unpaired) electrons. The Balaban J connectivity index is 0.000000596. The lowest BCUT2D eigenvalue weighted by molar-refractivity contribution is 0.475. The number of halogens is 3. The molecule has 576 valence electrons. The van der Waals surface area contributed by atoms with Crippen molar-refractivity contribution in [3.8, 4) is 0 Å². The third-order valence-corrected chi connectivity index (χ3v) is 18.8. The topological polar surface area (TPSA) is 0 Å². The summed E-state index contributed by atoms with van der Waals surface area (Å²) in [5, 5.41) is 0. The monoisotopic (exact) mass is 1420 g/mol. The van der Waals surface area contributed by atoms with Gasteiger partial charge in [-0.2, -0.15) is 0 Å². The molecule has 0 saturated carbocycles. The highest BCUT2D eigenvalue weighted by molar-refractivity contribution is 5.46. The molecule has 0 bridgehead atoms. The minimum Gasteiger partial charge on any atom is -0.207 e. The Hall–Kier alpha value is -6.45. The molecule has 0 aliphatic heterocycles. The van der Waals surface area contributed by atoms with Crippen molar-refractivity contribution in [2.75, 3.05) is 0 Å². The van der Waals surface area contributed by atoms with Crippen LogP contribution in [0.1, 0.15) is 356 Å². The number of aryl methyl sites for hydroxylation is 10. The lowest BCUT2D eigenvalue weighted by Gasteiger charge is -2.29. The Labute approximate surface area is 640 Å². The van der Waals surface area contributed by atoms with Crippen molar-refractivity contribution in [1.29, 1.82) is 0 Å².